The molecule has 0 spiro atoms. The first-order chi connectivity index (χ1) is 9.07. The third-order valence-electron chi connectivity index (χ3n) is 2.81. The number of ether oxygens (including phenoxy) is 1. The van der Waals surface area contributed by atoms with E-state index in [4.69, 9.17) is 12.6 Å². The number of para-hydroxylation sites is 1. The quantitative estimate of drug-likeness (QED) is 0.733. The minimum absolute atomic E-state index is 0.162. The summed E-state index contributed by atoms with van der Waals surface area (Å²) in [6.45, 7) is 5.75. The van der Waals surface area contributed by atoms with Crippen molar-refractivity contribution in [3.63, 3.8) is 0 Å². The Labute approximate surface area is 113 Å². The molecule has 0 aliphatic carbocycles. The first-order valence-electron chi connectivity index (χ1n) is 6.39. The average Bonchev–Trinajstić information content (AvgIpc) is 2.40. The van der Waals surface area contributed by atoms with Crippen molar-refractivity contribution in [2.24, 2.45) is 0 Å². The molecule has 3 nitrogen and oxygen atoms in total. The fraction of sp³-hybridized carbons (Fsp3) is 0.267. The zero-order valence-corrected chi connectivity index (χ0v) is 11.4. The highest BCUT2D eigenvalue weighted by Gasteiger charge is 2.24. The standard InChI is InChI=1S/C13H10BNO2.C2H6/c1-13(14)7-6-9-11(17-13)8-4-2-3-5-10(8)15-12(9)16;1-2/h2-7H,1H3,(H,15,16);1-2H3. The van der Waals surface area contributed by atoms with E-state index in [0.717, 1.165) is 10.9 Å². The number of aromatic amines is 1. The van der Waals surface area contributed by atoms with Gasteiger partial charge in [-0.15, -0.1) is 0 Å². The van der Waals surface area contributed by atoms with Crippen molar-refractivity contribution in [3.8, 4) is 5.75 Å². The van der Waals surface area contributed by atoms with E-state index in [1.165, 1.54) is 0 Å². The highest BCUT2D eigenvalue weighted by molar-refractivity contribution is 6.16. The van der Waals surface area contributed by atoms with Gasteiger partial charge in [0.05, 0.1) is 16.6 Å². The maximum atomic E-state index is 11.9. The van der Waals surface area contributed by atoms with Crippen LogP contribution in [0.3, 0.4) is 0 Å². The van der Waals surface area contributed by atoms with E-state index in [1.807, 2.05) is 38.1 Å². The molecule has 0 fully saturated rings. The second kappa shape index (κ2) is 4.96. The second-order valence-electron chi connectivity index (χ2n) is 4.36. The molecule has 1 atom stereocenters. The second-order valence-corrected chi connectivity index (χ2v) is 4.36. The Kier molecular flexibility index (Phi) is 3.51. The molecule has 2 aromatic rings. The summed E-state index contributed by atoms with van der Waals surface area (Å²) in [5.74, 6) is 0.553. The van der Waals surface area contributed by atoms with Crippen molar-refractivity contribution in [2.45, 2.75) is 26.3 Å². The van der Waals surface area contributed by atoms with Gasteiger partial charge in [0.15, 0.2) is 0 Å². The van der Waals surface area contributed by atoms with Gasteiger partial charge in [-0.1, -0.05) is 32.1 Å². The largest absolute Gasteiger partial charge is 0.492 e. The van der Waals surface area contributed by atoms with Crippen LogP contribution in [0.5, 0.6) is 5.75 Å². The third-order valence-corrected chi connectivity index (χ3v) is 2.81. The maximum Gasteiger partial charge on any atom is 0.259 e. The first kappa shape index (κ1) is 13.5. The van der Waals surface area contributed by atoms with Gasteiger partial charge >= 0.3 is 0 Å². The number of fused-ring (bicyclic) bond motifs is 3. The molecule has 1 aliphatic rings. The lowest BCUT2D eigenvalue weighted by Gasteiger charge is -2.28. The van der Waals surface area contributed by atoms with Gasteiger partial charge in [0.2, 0.25) is 0 Å². The van der Waals surface area contributed by atoms with Gasteiger partial charge in [-0.25, -0.2) is 0 Å². The fourth-order valence-corrected chi connectivity index (χ4v) is 1.99. The lowest BCUT2D eigenvalue weighted by molar-refractivity contribution is 0.227. The smallest absolute Gasteiger partial charge is 0.259 e. The zero-order chi connectivity index (χ0) is 14.0. The van der Waals surface area contributed by atoms with Gasteiger partial charge in [0, 0.05) is 5.39 Å². The van der Waals surface area contributed by atoms with E-state index in [1.54, 1.807) is 19.1 Å². The summed E-state index contributed by atoms with van der Waals surface area (Å²) < 4.78 is 5.68. The van der Waals surface area contributed by atoms with E-state index >= 15 is 0 Å². The molecule has 0 amide bonds. The Bertz CT molecular complexity index is 686. The molecule has 1 aromatic carbocycles. The summed E-state index contributed by atoms with van der Waals surface area (Å²) >= 11 is 0. The number of rotatable bonds is 0. The SMILES string of the molecule is CC.[B]C1(C)C=Cc2c(c3ccccc3[nH]c2=O)O1. The van der Waals surface area contributed by atoms with Crippen LogP contribution < -0.4 is 10.3 Å². The number of aromatic nitrogens is 1. The van der Waals surface area contributed by atoms with Crippen molar-refractivity contribution in [3.05, 3.63) is 46.3 Å². The predicted molar refractivity (Wildman–Crippen MR) is 79.7 cm³/mol. The molecular weight excluding hydrogens is 237 g/mol. The number of pyridine rings is 1. The molecule has 1 aromatic heterocycles. The van der Waals surface area contributed by atoms with Crippen molar-refractivity contribution in [1.82, 2.24) is 4.98 Å². The molecule has 1 unspecified atom stereocenters. The predicted octanol–water partition coefficient (Wildman–Crippen LogP) is 2.84. The molecule has 2 radical (unpaired) electrons. The molecule has 96 valence electrons. The number of nitrogens with one attached hydrogen (secondary N) is 1. The summed E-state index contributed by atoms with van der Waals surface area (Å²) in [7, 11) is 5.91. The van der Waals surface area contributed by atoms with Crippen molar-refractivity contribution in [2.75, 3.05) is 0 Å². The highest BCUT2D eigenvalue weighted by atomic mass is 16.5. The van der Waals surface area contributed by atoms with Crippen LogP contribution in [0, 0.1) is 0 Å². The molecule has 0 bridgehead atoms. The summed E-state index contributed by atoms with van der Waals surface area (Å²) in [4.78, 5) is 14.7. The maximum absolute atomic E-state index is 11.9. The van der Waals surface area contributed by atoms with E-state index in [9.17, 15) is 4.79 Å². The van der Waals surface area contributed by atoms with E-state index in [-0.39, 0.29) is 5.56 Å². The molecule has 1 aliphatic heterocycles. The number of H-pyrrole nitrogens is 1. The normalized spacial score (nSPS) is 20.2. The summed E-state index contributed by atoms with van der Waals surface area (Å²) in [6, 6.07) is 7.51. The fourth-order valence-electron chi connectivity index (χ4n) is 1.99. The molecule has 2 heterocycles. The number of benzene rings is 1. The van der Waals surface area contributed by atoms with E-state index < -0.39 is 5.50 Å². The molecule has 0 saturated carbocycles. The summed E-state index contributed by atoms with van der Waals surface area (Å²) in [6.07, 6.45) is 3.39. The lowest BCUT2D eigenvalue weighted by atomic mass is 9.81. The van der Waals surface area contributed by atoms with Crippen LogP contribution in [0.4, 0.5) is 0 Å². The van der Waals surface area contributed by atoms with Crippen molar-refractivity contribution >= 4 is 24.8 Å². The van der Waals surface area contributed by atoms with Crippen LogP contribution >= 0.6 is 0 Å². The molecule has 4 heteroatoms. The topological polar surface area (TPSA) is 42.1 Å². The Morgan fingerprint density at radius 2 is 1.95 bits per heavy atom. The van der Waals surface area contributed by atoms with Gasteiger partial charge in [-0.05, 0) is 25.1 Å². The number of hydrogen-bond donors (Lipinski definition) is 1. The van der Waals surface area contributed by atoms with Crippen molar-refractivity contribution in [1.29, 1.82) is 0 Å². The van der Waals surface area contributed by atoms with Gasteiger partial charge in [0.25, 0.3) is 5.56 Å². The molecular formula is C15H16BNO2. The lowest BCUT2D eigenvalue weighted by Crippen LogP contribution is -2.33. The van der Waals surface area contributed by atoms with Crippen LogP contribution in [-0.4, -0.2) is 18.3 Å². The number of hydrogen-bond acceptors (Lipinski definition) is 2. The Morgan fingerprint density at radius 3 is 2.68 bits per heavy atom. The molecule has 1 N–H and O–H groups in total. The summed E-state index contributed by atoms with van der Waals surface area (Å²) in [5.41, 5.74) is 0.239. The van der Waals surface area contributed by atoms with Gasteiger partial charge < -0.3 is 9.72 Å². The van der Waals surface area contributed by atoms with Crippen LogP contribution in [0.15, 0.2) is 35.1 Å². The summed E-state index contributed by atoms with van der Waals surface area (Å²) in [5, 5.41) is 0.864. The van der Waals surface area contributed by atoms with Crippen LogP contribution in [-0.2, 0) is 0 Å². The molecule has 3 rings (SSSR count). The van der Waals surface area contributed by atoms with Crippen LogP contribution in [0.2, 0.25) is 0 Å². The Morgan fingerprint density at radius 1 is 1.26 bits per heavy atom. The van der Waals surface area contributed by atoms with E-state index in [2.05, 4.69) is 4.98 Å². The highest BCUT2D eigenvalue weighted by Crippen LogP contribution is 2.33. The molecule has 0 saturated heterocycles. The Hall–Kier alpha value is -1.97. The van der Waals surface area contributed by atoms with E-state index in [0.29, 0.717) is 11.3 Å². The average molecular weight is 253 g/mol. The monoisotopic (exact) mass is 253 g/mol. The zero-order valence-electron chi connectivity index (χ0n) is 11.4. The van der Waals surface area contributed by atoms with Crippen molar-refractivity contribution < 1.29 is 4.74 Å². The van der Waals surface area contributed by atoms with Gasteiger partial charge in [0.1, 0.15) is 13.6 Å². The van der Waals surface area contributed by atoms with Gasteiger partial charge in [-0.3, -0.25) is 4.79 Å². The first-order valence-corrected chi connectivity index (χ1v) is 6.39. The molecule has 19 heavy (non-hydrogen) atoms. The Balaban J connectivity index is 0.000000637. The minimum atomic E-state index is -0.871. The van der Waals surface area contributed by atoms with Crippen LogP contribution in [0.25, 0.3) is 17.0 Å². The van der Waals surface area contributed by atoms with Gasteiger partial charge in [-0.2, -0.15) is 0 Å². The minimum Gasteiger partial charge on any atom is -0.492 e. The third kappa shape index (κ3) is 2.43. The van der Waals surface area contributed by atoms with Crippen LogP contribution in [0.1, 0.15) is 26.3 Å².